The molecule has 1 saturated heterocycles. The molecule has 0 amide bonds. The van der Waals surface area contributed by atoms with E-state index in [1.807, 2.05) is 25.1 Å². The summed E-state index contributed by atoms with van der Waals surface area (Å²) in [6, 6.07) is 16.3. The van der Waals surface area contributed by atoms with Gasteiger partial charge in [-0.2, -0.15) is 8.42 Å². The number of benzene rings is 2. The summed E-state index contributed by atoms with van der Waals surface area (Å²) in [6.07, 6.45) is -0.0892. The fourth-order valence-corrected chi connectivity index (χ4v) is 2.70. The van der Waals surface area contributed by atoms with Crippen LogP contribution in [0.2, 0.25) is 0 Å². The molecule has 0 atom stereocenters. The molecule has 5 nitrogen and oxygen atoms in total. The Balaban J connectivity index is 0.000000168. The highest BCUT2D eigenvalue weighted by molar-refractivity contribution is 7.85. The number of hydrogen-bond acceptors (Lipinski definition) is 4. The molecule has 2 aromatic carbocycles. The van der Waals surface area contributed by atoms with Crippen molar-refractivity contribution >= 4 is 10.1 Å². The second-order valence-corrected chi connectivity index (χ2v) is 7.04. The van der Waals surface area contributed by atoms with Crippen LogP contribution in [0.4, 0.5) is 0 Å². The number of likely N-dealkylation sites (tertiary alicyclic amines) is 1. The number of rotatable bonds is 3. The molecule has 1 fully saturated rings. The smallest absolute Gasteiger partial charge is 0.294 e. The van der Waals surface area contributed by atoms with E-state index in [4.69, 9.17) is 9.66 Å². The van der Waals surface area contributed by atoms with Crippen LogP contribution in [0, 0.1) is 6.92 Å². The Morgan fingerprint density at radius 2 is 1.61 bits per heavy atom. The molecule has 2 aromatic rings. The molecule has 0 aromatic heterocycles. The van der Waals surface area contributed by atoms with E-state index in [1.54, 1.807) is 12.1 Å². The lowest BCUT2D eigenvalue weighted by atomic mass is 10.1. The van der Waals surface area contributed by atoms with Crippen molar-refractivity contribution in [2.24, 2.45) is 0 Å². The maximum Gasteiger partial charge on any atom is 0.294 e. The van der Waals surface area contributed by atoms with Crippen LogP contribution >= 0.6 is 0 Å². The van der Waals surface area contributed by atoms with E-state index in [9.17, 15) is 8.42 Å². The maximum atomic E-state index is 10.5. The van der Waals surface area contributed by atoms with Gasteiger partial charge in [-0.25, -0.2) is 0 Å². The minimum absolute atomic E-state index is 0.0666. The summed E-state index contributed by atoms with van der Waals surface area (Å²) in [5.41, 5.74) is 2.28. The summed E-state index contributed by atoms with van der Waals surface area (Å²) in [5.74, 6) is 0. The fourth-order valence-electron chi connectivity index (χ4n) is 2.22. The van der Waals surface area contributed by atoms with Crippen molar-refractivity contribution in [2.75, 3.05) is 13.1 Å². The molecule has 0 spiro atoms. The summed E-state index contributed by atoms with van der Waals surface area (Å²) in [6.45, 7) is 4.47. The highest BCUT2D eigenvalue weighted by Crippen LogP contribution is 2.12. The Kier molecular flexibility index (Phi) is 5.90. The third-order valence-corrected chi connectivity index (χ3v) is 4.37. The van der Waals surface area contributed by atoms with Crippen LogP contribution in [0.25, 0.3) is 0 Å². The lowest BCUT2D eigenvalue weighted by Gasteiger charge is -2.35. The van der Waals surface area contributed by atoms with Crippen molar-refractivity contribution < 1.29 is 18.1 Å². The lowest BCUT2D eigenvalue weighted by molar-refractivity contribution is -0.00286. The van der Waals surface area contributed by atoms with Gasteiger partial charge in [0, 0.05) is 19.6 Å². The average molecular weight is 335 g/mol. The summed E-state index contributed by atoms with van der Waals surface area (Å²) in [4.78, 5) is 2.17. The van der Waals surface area contributed by atoms with Gasteiger partial charge in [-0.15, -0.1) is 0 Å². The molecular weight excluding hydrogens is 314 g/mol. The van der Waals surface area contributed by atoms with Gasteiger partial charge in [-0.1, -0.05) is 48.0 Å². The molecule has 3 rings (SSSR count). The first kappa shape index (κ1) is 17.6. The van der Waals surface area contributed by atoms with Gasteiger partial charge in [0.15, 0.2) is 0 Å². The monoisotopic (exact) mass is 335 g/mol. The summed E-state index contributed by atoms with van der Waals surface area (Å²) >= 11 is 0. The summed E-state index contributed by atoms with van der Waals surface area (Å²) < 4.78 is 29.6. The maximum absolute atomic E-state index is 10.5. The minimum atomic E-state index is -4.02. The van der Waals surface area contributed by atoms with Gasteiger partial charge in [0.05, 0.1) is 11.0 Å². The molecule has 6 heteroatoms. The predicted molar refractivity (Wildman–Crippen MR) is 88.7 cm³/mol. The quantitative estimate of drug-likeness (QED) is 0.840. The van der Waals surface area contributed by atoms with Crippen molar-refractivity contribution in [3.8, 4) is 0 Å². The van der Waals surface area contributed by atoms with Crippen LogP contribution < -0.4 is 0 Å². The topological polar surface area (TPSA) is 77.8 Å². The second-order valence-electron chi connectivity index (χ2n) is 5.62. The minimum Gasteiger partial charge on any atom is -0.390 e. The van der Waals surface area contributed by atoms with Crippen LogP contribution in [0.1, 0.15) is 11.1 Å². The first-order chi connectivity index (χ1) is 10.8. The summed E-state index contributed by atoms with van der Waals surface area (Å²) in [7, 11) is -4.02. The van der Waals surface area contributed by atoms with Gasteiger partial charge < -0.3 is 5.11 Å². The fraction of sp³-hybridized carbons (Fsp3) is 0.294. The number of aryl methyl sites for hydroxylation is 1. The first-order valence-electron chi connectivity index (χ1n) is 7.33. The first-order valence-corrected chi connectivity index (χ1v) is 8.77. The van der Waals surface area contributed by atoms with Gasteiger partial charge in [0.25, 0.3) is 10.1 Å². The molecule has 1 heterocycles. The molecule has 2 N–H and O–H groups in total. The van der Waals surface area contributed by atoms with Crippen molar-refractivity contribution in [3.63, 3.8) is 0 Å². The third kappa shape index (κ3) is 5.76. The number of aliphatic hydroxyl groups excluding tert-OH is 1. The zero-order valence-electron chi connectivity index (χ0n) is 13.0. The van der Waals surface area contributed by atoms with Crippen LogP contribution in [0.15, 0.2) is 59.5 Å². The number of aliphatic hydroxyl groups is 1. The standard InChI is InChI=1S/C10H13NO.C7H8O3S/c12-10-7-11(8-10)6-9-4-2-1-3-5-9;1-6-2-4-7(5-3-6)11(8,9)10/h1-5,10,12H,6-8H2;2-5H,1H3,(H,8,9,10). The molecular formula is C17H21NO4S. The van der Waals surface area contributed by atoms with Crippen LogP contribution in [-0.4, -0.2) is 42.2 Å². The zero-order valence-corrected chi connectivity index (χ0v) is 13.8. The Morgan fingerprint density at radius 1 is 1.04 bits per heavy atom. The van der Waals surface area contributed by atoms with Crippen molar-refractivity contribution in [2.45, 2.75) is 24.5 Å². The molecule has 124 valence electrons. The van der Waals surface area contributed by atoms with Gasteiger partial charge in [0.1, 0.15) is 0 Å². The highest BCUT2D eigenvalue weighted by Gasteiger charge is 2.23. The van der Waals surface area contributed by atoms with E-state index >= 15 is 0 Å². The van der Waals surface area contributed by atoms with Crippen LogP contribution in [-0.2, 0) is 16.7 Å². The SMILES string of the molecule is Cc1ccc(S(=O)(=O)O)cc1.OC1CN(Cc2ccccc2)C1. The second kappa shape index (κ2) is 7.70. The molecule has 0 aliphatic carbocycles. The third-order valence-electron chi connectivity index (χ3n) is 3.51. The molecule has 1 aliphatic rings. The Labute approximate surface area is 136 Å². The number of hydrogen-bond donors (Lipinski definition) is 2. The lowest BCUT2D eigenvalue weighted by Crippen LogP contribution is -2.49. The van der Waals surface area contributed by atoms with E-state index < -0.39 is 10.1 Å². The molecule has 0 unspecified atom stereocenters. The molecule has 0 radical (unpaired) electrons. The van der Waals surface area contributed by atoms with Crippen LogP contribution in [0.5, 0.6) is 0 Å². The van der Waals surface area contributed by atoms with E-state index in [0.717, 1.165) is 25.2 Å². The average Bonchev–Trinajstić information content (AvgIpc) is 2.47. The van der Waals surface area contributed by atoms with Crippen molar-refractivity contribution in [1.82, 2.24) is 4.90 Å². The van der Waals surface area contributed by atoms with E-state index in [0.29, 0.717) is 0 Å². The largest absolute Gasteiger partial charge is 0.390 e. The normalized spacial score (nSPS) is 15.4. The molecule has 1 aliphatic heterocycles. The van der Waals surface area contributed by atoms with E-state index in [2.05, 4.69) is 17.0 Å². The molecule has 23 heavy (non-hydrogen) atoms. The van der Waals surface area contributed by atoms with Crippen LogP contribution in [0.3, 0.4) is 0 Å². The molecule has 0 saturated carbocycles. The van der Waals surface area contributed by atoms with Crippen molar-refractivity contribution in [1.29, 1.82) is 0 Å². The summed E-state index contributed by atoms with van der Waals surface area (Å²) in [5, 5.41) is 9.05. The van der Waals surface area contributed by atoms with Gasteiger partial charge >= 0.3 is 0 Å². The van der Waals surface area contributed by atoms with E-state index in [1.165, 1.54) is 17.7 Å². The zero-order chi connectivity index (χ0) is 16.9. The molecule has 0 bridgehead atoms. The number of β-amino-alcohol motifs (C(OH)–C–C–N with tert-alkyl or cyclic N) is 1. The Bertz CT molecular complexity index is 708. The Hall–Kier alpha value is -1.73. The highest BCUT2D eigenvalue weighted by atomic mass is 32.2. The number of nitrogens with zero attached hydrogens (tertiary/aromatic N) is 1. The van der Waals surface area contributed by atoms with Gasteiger partial charge in [-0.05, 0) is 24.6 Å². The van der Waals surface area contributed by atoms with Crippen molar-refractivity contribution in [3.05, 3.63) is 65.7 Å². The Morgan fingerprint density at radius 3 is 2.09 bits per heavy atom. The predicted octanol–water partition coefficient (Wildman–Crippen LogP) is 2.10. The van der Waals surface area contributed by atoms with Gasteiger partial charge in [0.2, 0.25) is 0 Å². The van der Waals surface area contributed by atoms with Gasteiger partial charge in [-0.3, -0.25) is 9.45 Å². The van der Waals surface area contributed by atoms with E-state index in [-0.39, 0.29) is 11.0 Å².